The molecule has 0 spiro atoms. The minimum Gasteiger partial charge on any atom is -0.380 e. The summed E-state index contributed by atoms with van der Waals surface area (Å²) in [5, 5.41) is 3.49. The second-order valence-electron chi connectivity index (χ2n) is 4.44. The summed E-state index contributed by atoms with van der Waals surface area (Å²) in [6.45, 7) is 5.91. The van der Waals surface area contributed by atoms with Gasteiger partial charge in [-0.25, -0.2) is 0 Å². The first-order chi connectivity index (χ1) is 6.90. The van der Waals surface area contributed by atoms with Crippen molar-refractivity contribution in [2.45, 2.75) is 19.8 Å². The van der Waals surface area contributed by atoms with Crippen LogP contribution in [0.15, 0.2) is 12.2 Å². The first-order valence-corrected chi connectivity index (χ1v) is 5.87. The lowest BCUT2D eigenvalue weighted by Gasteiger charge is -2.18. The fraction of sp³-hybridized carbons (Fsp3) is 0.833. The van der Waals surface area contributed by atoms with Crippen LogP contribution < -0.4 is 5.32 Å². The normalized spacial score (nSPS) is 34.2. The largest absolute Gasteiger partial charge is 0.380 e. The van der Waals surface area contributed by atoms with Crippen molar-refractivity contribution in [1.29, 1.82) is 0 Å². The standard InChI is InChI=1S/C12H21NO/c1-2-14-6-5-13-9-12-8-10-3-4-11(12)7-10/h3-4,10-13H,2,5-9H2,1H3/t10-,11-,12+/m0/s1. The summed E-state index contributed by atoms with van der Waals surface area (Å²) in [4.78, 5) is 0. The molecule has 2 nitrogen and oxygen atoms in total. The van der Waals surface area contributed by atoms with Crippen LogP contribution in [0, 0.1) is 17.8 Å². The highest BCUT2D eigenvalue weighted by Crippen LogP contribution is 2.42. The predicted octanol–water partition coefficient (Wildman–Crippen LogP) is 1.82. The van der Waals surface area contributed by atoms with E-state index >= 15 is 0 Å². The first kappa shape index (κ1) is 10.2. The summed E-state index contributed by atoms with van der Waals surface area (Å²) in [5.74, 6) is 2.67. The number of nitrogens with one attached hydrogen (secondary N) is 1. The van der Waals surface area contributed by atoms with Gasteiger partial charge >= 0.3 is 0 Å². The second-order valence-corrected chi connectivity index (χ2v) is 4.44. The maximum absolute atomic E-state index is 5.28. The molecule has 1 saturated carbocycles. The maximum atomic E-state index is 5.28. The molecule has 0 aromatic carbocycles. The number of fused-ring (bicyclic) bond motifs is 2. The van der Waals surface area contributed by atoms with Crippen LogP contribution >= 0.6 is 0 Å². The lowest BCUT2D eigenvalue weighted by molar-refractivity contribution is 0.148. The van der Waals surface area contributed by atoms with Crippen LogP contribution in [0.25, 0.3) is 0 Å². The van der Waals surface area contributed by atoms with E-state index in [0.717, 1.165) is 37.5 Å². The van der Waals surface area contributed by atoms with E-state index in [4.69, 9.17) is 4.74 Å². The van der Waals surface area contributed by atoms with Crippen molar-refractivity contribution in [2.75, 3.05) is 26.3 Å². The van der Waals surface area contributed by atoms with Crippen molar-refractivity contribution in [3.8, 4) is 0 Å². The molecule has 2 heteroatoms. The van der Waals surface area contributed by atoms with Crippen molar-refractivity contribution in [2.24, 2.45) is 17.8 Å². The van der Waals surface area contributed by atoms with Crippen LogP contribution in [0.1, 0.15) is 19.8 Å². The molecule has 14 heavy (non-hydrogen) atoms. The highest BCUT2D eigenvalue weighted by atomic mass is 16.5. The molecule has 2 rings (SSSR count). The minimum atomic E-state index is 0.832. The Balaban J connectivity index is 1.56. The molecule has 2 aliphatic rings. The van der Waals surface area contributed by atoms with Gasteiger partial charge in [-0.3, -0.25) is 0 Å². The molecular formula is C12H21NO. The van der Waals surface area contributed by atoms with E-state index in [1.807, 2.05) is 6.92 Å². The Morgan fingerprint density at radius 3 is 2.93 bits per heavy atom. The van der Waals surface area contributed by atoms with Crippen molar-refractivity contribution >= 4 is 0 Å². The zero-order valence-electron chi connectivity index (χ0n) is 9.04. The van der Waals surface area contributed by atoms with Crippen LogP contribution in [0.5, 0.6) is 0 Å². The van der Waals surface area contributed by atoms with Gasteiger partial charge < -0.3 is 10.1 Å². The molecule has 2 aliphatic carbocycles. The number of hydrogen-bond donors (Lipinski definition) is 1. The molecule has 0 heterocycles. The molecule has 0 aliphatic heterocycles. The van der Waals surface area contributed by atoms with E-state index in [2.05, 4.69) is 17.5 Å². The Hall–Kier alpha value is -0.340. The second kappa shape index (κ2) is 4.94. The molecule has 0 radical (unpaired) electrons. The minimum absolute atomic E-state index is 0.832. The fourth-order valence-corrected chi connectivity index (χ4v) is 2.71. The van der Waals surface area contributed by atoms with Gasteiger partial charge in [0.1, 0.15) is 0 Å². The van der Waals surface area contributed by atoms with Gasteiger partial charge in [0, 0.05) is 13.2 Å². The molecule has 0 amide bonds. The smallest absolute Gasteiger partial charge is 0.0590 e. The Labute approximate surface area is 86.7 Å². The van der Waals surface area contributed by atoms with Gasteiger partial charge in [-0.15, -0.1) is 0 Å². The van der Waals surface area contributed by atoms with Crippen molar-refractivity contribution in [3.63, 3.8) is 0 Å². The monoisotopic (exact) mass is 195 g/mol. The molecular weight excluding hydrogens is 174 g/mol. The number of rotatable bonds is 6. The van der Waals surface area contributed by atoms with Gasteiger partial charge in [-0.2, -0.15) is 0 Å². The quantitative estimate of drug-likeness (QED) is 0.515. The summed E-state index contributed by atoms with van der Waals surface area (Å²) < 4.78 is 5.28. The molecule has 80 valence electrons. The van der Waals surface area contributed by atoms with Crippen LogP contribution in [-0.4, -0.2) is 26.3 Å². The van der Waals surface area contributed by atoms with E-state index in [1.165, 1.54) is 19.4 Å². The summed E-state index contributed by atoms with van der Waals surface area (Å²) in [7, 11) is 0. The molecule has 0 unspecified atom stereocenters. The van der Waals surface area contributed by atoms with Crippen LogP contribution in [0.4, 0.5) is 0 Å². The van der Waals surface area contributed by atoms with Crippen LogP contribution in [0.2, 0.25) is 0 Å². The van der Waals surface area contributed by atoms with Gasteiger partial charge in [-0.1, -0.05) is 12.2 Å². The fourth-order valence-electron chi connectivity index (χ4n) is 2.71. The third kappa shape index (κ3) is 2.37. The Kier molecular flexibility index (Phi) is 3.60. The number of allylic oxidation sites excluding steroid dienone is 2. The zero-order chi connectivity index (χ0) is 9.80. The average Bonchev–Trinajstić information content (AvgIpc) is 2.79. The SMILES string of the molecule is CCOCCNC[C@H]1C[C@H]2C=C[C@H]1C2. The molecule has 1 N–H and O–H groups in total. The zero-order valence-corrected chi connectivity index (χ0v) is 9.04. The Bertz CT molecular complexity index is 202. The van der Waals surface area contributed by atoms with E-state index in [-0.39, 0.29) is 0 Å². The summed E-state index contributed by atoms with van der Waals surface area (Å²) in [6.07, 6.45) is 7.64. The molecule has 0 aromatic rings. The first-order valence-electron chi connectivity index (χ1n) is 5.87. The lowest BCUT2D eigenvalue weighted by atomic mass is 9.94. The molecule has 0 aromatic heterocycles. The summed E-state index contributed by atoms with van der Waals surface area (Å²) >= 11 is 0. The number of ether oxygens (including phenoxy) is 1. The van der Waals surface area contributed by atoms with Gasteiger partial charge in [-0.05, 0) is 44.1 Å². The van der Waals surface area contributed by atoms with Crippen molar-refractivity contribution < 1.29 is 4.74 Å². The van der Waals surface area contributed by atoms with E-state index in [0.29, 0.717) is 0 Å². The topological polar surface area (TPSA) is 21.3 Å². The van der Waals surface area contributed by atoms with E-state index < -0.39 is 0 Å². The molecule has 3 atom stereocenters. The average molecular weight is 195 g/mol. The predicted molar refractivity (Wildman–Crippen MR) is 58.2 cm³/mol. The van der Waals surface area contributed by atoms with Gasteiger partial charge in [0.05, 0.1) is 6.61 Å². The maximum Gasteiger partial charge on any atom is 0.0590 e. The molecule has 2 bridgehead atoms. The highest BCUT2D eigenvalue weighted by molar-refractivity contribution is 5.10. The summed E-state index contributed by atoms with van der Waals surface area (Å²) in [6, 6.07) is 0. The van der Waals surface area contributed by atoms with Crippen molar-refractivity contribution in [1.82, 2.24) is 5.32 Å². The van der Waals surface area contributed by atoms with Gasteiger partial charge in [0.2, 0.25) is 0 Å². The Morgan fingerprint density at radius 1 is 1.36 bits per heavy atom. The summed E-state index contributed by atoms with van der Waals surface area (Å²) in [5.41, 5.74) is 0. The Morgan fingerprint density at radius 2 is 2.29 bits per heavy atom. The van der Waals surface area contributed by atoms with Gasteiger partial charge in [0.15, 0.2) is 0 Å². The van der Waals surface area contributed by atoms with Crippen LogP contribution in [0.3, 0.4) is 0 Å². The molecule has 0 saturated heterocycles. The highest BCUT2D eigenvalue weighted by Gasteiger charge is 2.34. The van der Waals surface area contributed by atoms with Crippen LogP contribution in [-0.2, 0) is 4.74 Å². The number of hydrogen-bond acceptors (Lipinski definition) is 2. The lowest BCUT2D eigenvalue weighted by Crippen LogP contribution is -2.28. The molecule has 1 fully saturated rings. The van der Waals surface area contributed by atoms with E-state index in [9.17, 15) is 0 Å². The third-order valence-corrected chi connectivity index (χ3v) is 3.45. The van der Waals surface area contributed by atoms with Crippen molar-refractivity contribution in [3.05, 3.63) is 12.2 Å². The third-order valence-electron chi connectivity index (χ3n) is 3.45. The van der Waals surface area contributed by atoms with Gasteiger partial charge in [0.25, 0.3) is 0 Å². The van der Waals surface area contributed by atoms with E-state index in [1.54, 1.807) is 0 Å².